The highest BCUT2D eigenvalue weighted by Gasteiger charge is 2.48. The number of aromatic nitrogens is 2. The van der Waals surface area contributed by atoms with Crippen LogP contribution in [0.1, 0.15) is 73.3 Å². The van der Waals surface area contributed by atoms with Gasteiger partial charge in [-0.15, -0.1) is 0 Å². The van der Waals surface area contributed by atoms with Crippen LogP contribution in [0.2, 0.25) is 0 Å². The Morgan fingerprint density at radius 2 is 1.94 bits per heavy atom. The van der Waals surface area contributed by atoms with Crippen molar-refractivity contribution < 1.29 is 23.9 Å². The smallest absolute Gasteiger partial charge is 0.276 e. The number of fused-ring (bicyclic) bond motifs is 2. The Kier molecular flexibility index (Phi) is 6.12. The highest BCUT2D eigenvalue weighted by molar-refractivity contribution is 6.06. The maximum atomic E-state index is 13.5. The minimum Gasteiger partial charge on any atom is -0.454 e. The van der Waals surface area contributed by atoms with Gasteiger partial charge in [0, 0.05) is 30.4 Å². The molecule has 1 aliphatic carbocycles. The maximum absolute atomic E-state index is 13.5. The van der Waals surface area contributed by atoms with E-state index in [2.05, 4.69) is 15.7 Å². The van der Waals surface area contributed by atoms with Crippen molar-refractivity contribution in [1.82, 2.24) is 20.0 Å². The van der Waals surface area contributed by atoms with Gasteiger partial charge in [0.15, 0.2) is 17.2 Å². The molecule has 2 aliphatic heterocycles. The van der Waals surface area contributed by atoms with Gasteiger partial charge in [-0.05, 0) is 38.3 Å². The minimum absolute atomic E-state index is 0.113. The summed E-state index contributed by atoms with van der Waals surface area (Å²) in [6.45, 7) is 4.64. The lowest BCUT2D eigenvalue weighted by Gasteiger charge is -2.43. The Labute approximate surface area is 203 Å². The molecule has 2 aromatic rings. The van der Waals surface area contributed by atoms with Crippen molar-refractivity contribution >= 4 is 23.4 Å². The van der Waals surface area contributed by atoms with E-state index in [1.54, 1.807) is 30.0 Å². The van der Waals surface area contributed by atoms with Gasteiger partial charge in [0.25, 0.3) is 11.8 Å². The fourth-order valence-corrected chi connectivity index (χ4v) is 5.00. The number of hydrogen-bond donors (Lipinski definition) is 2. The van der Waals surface area contributed by atoms with Gasteiger partial charge in [0.05, 0.1) is 6.54 Å². The zero-order valence-electron chi connectivity index (χ0n) is 20.1. The van der Waals surface area contributed by atoms with Crippen molar-refractivity contribution in [2.24, 2.45) is 0 Å². The number of anilines is 1. The molecule has 1 saturated carbocycles. The Morgan fingerprint density at radius 1 is 1.17 bits per heavy atom. The van der Waals surface area contributed by atoms with Gasteiger partial charge in [-0.2, -0.15) is 5.10 Å². The number of nitrogens with zero attached hydrogens (tertiary/aromatic N) is 3. The Bertz CT molecular complexity index is 1160. The van der Waals surface area contributed by atoms with Crippen molar-refractivity contribution in [2.75, 3.05) is 18.7 Å². The molecule has 3 amide bonds. The van der Waals surface area contributed by atoms with Gasteiger partial charge in [-0.25, -0.2) is 0 Å². The first-order valence-electron chi connectivity index (χ1n) is 12.3. The predicted octanol–water partition coefficient (Wildman–Crippen LogP) is 2.94. The standard InChI is InChI=1S/C25H31N5O5/c1-3-4-11-29-23(32)19-13-18(22(31)26-17-9-10-20-21(12-17)35-15-34-20)28-30(19)14-25(29,2)24(33)27-16-7-5-6-8-16/h9-10,12-13,16H,3-8,11,14-15H2,1-2H3,(H,26,31)(H,27,33). The van der Waals surface area contributed by atoms with Crippen LogP contribution in [0.3, 0.4) is 0 Å². The molecule has 1 fully saturated rings. The summed E-state index contributed by atoms with van der Waals surface area (Å²) in [6.07, 6.45) is 5.80. The van der Waals surface area contributed by atoms with E-state index in [0.29, 0.717) is 29.4 Å². The van der Waals surface area contributed by atoms with Gasteiger partial charge in [-0.3, -0.25) is 19.1 Å². The number of benzene rings is 1. The lowest BCUT2D eigenvalue weighted by molar-refractivity contribution is -0.133. The first-order valence-corrected chi connectivity index (χ1v) is 12.3. The molecule has 1 unspecified atom stereocenters. The minimum atomic E-state index is -1.08. The lowest BCUT2D eigenvalue weighted by atomic mass is 9.94. The molecule has 1 atom stereocenters. The number of unbranched alkanes of at least 4 members (excludes halogenated alkanes) is 1. The van der Waals surface area contributed by atoms with E-state index < -0.39 is 11.4 Å². The molecule has 2 N–H and O–H groups in total. The average Bonchev–Trinajstić information content (AvgIpc) is 3.59. The van der Waals surface area contributed by atoms with E-state index in [4.69, 9.17) is 9.47 Å². The van der Waals surface area contributed by atoms with E-state index in [0.717, 1.165) is 38.5 Å². The van der Waals surface area contributed by atoms with Crippen molar-refractivity contribution in [1.29, 1.82) is 0 Å². The molecule has 1 aromatic heterocycles. The van der Waals surface area contributed by atoms with Gasteiger partial charge in [0.2, 0.25) is 12.7 Å². The summed E-state index contributed by atoms with van der Waals surface area (Å²) in [5, 5.41) is 10.4. The Balaban J connectivity index is 1.38. The zero-order chi connectivity index (χ0) is 24.6. The molecule has 3 aliphatic rings. The predicted molar refractivity (Wildman–Crippen MR) is 127 cm³/mol. The SMILES string of the molecule is CCCCN1C(=O)c2cc(C(=O)Nc3ccc4c(c3)OCO4)nn2CC1(C)C(=O)NC1CCCC1. The van der Waals surface area contributed by atoms with Crippen LogP contribution in [0.4, 0.5) is 5.69 Å². The lowest BCUT2D eigenvalue weighted by Crippen LogP contribution is -2.65. The van der Waals surface area contributed by atoms with E-state index in [-0.39, 0.29) is 36.9 Å². The molecular weight excluding hydrogens is 450 g/mol. The van der Waals surface area contributed by atoms with Crippen LogP contribution in [-0.2, 0) is 11.3 Å². The molecular formula is C25H31N5O5. The summed E-state index contributed by atoms with van der Waals surface area (Å²) < 4.78 is 12.2. The summed E-state index contributed by atoms with van der Waals surface area (Å²) in [5.41, 5.74) is -0.134. The molecule has 0 spiro atoms. The highest BCUT2D eigenvalue weighted by Crippen LogP contribution is 2.34. The molecule has 5 rings (SSSR count). The van der Waals surface area contributed by atoms with Crippen molar-refractivity contribution in [2.45, 2.75) is 70.5 Å². The van der Waals surface area contributed by atoms with Crippen molar-refractivity contribution in [3.05, 3.63) is 35.7 Å². The fourth-order valence-electron chi connectivity index (χ4n) is 5.00. The van der Waals surface area contributed by atoms with Crippen molar-refractivity contribution in [3.63, 3.8) is 0 Å². The van der Waals surface area contributed by atoms with Crippen molar-refractivity contribution in [3.8, 4) is 11.5 Å². The number of ether oxygens (including phenoxy) is 2. The molecule has 3 heterocycles. The van der Waals surface area contributed by atoms with Crippen LogP contribution >= 0.6 is 0 Å². The van der Waals surface area contributed by atoms with Gasteiger partial charge >= 0.3 is 0 Å². The zero-order valence-corrected chi connectivity index (χ0v) is 20.1. The number of nitrogens with one attached hydrogen (secondary N) is 2. The van der Waals surface area contributed by atoms with Gasteiger partial charge < -0.3 is 25.0 Å². The van der Waals surface area contributed by atoms with E-state index in [1.165, 1.54) is 10.7 Å². The summed E-state index contributed by atoms with van der Waals surface area (Å²) in [6, 6.07) is 6.75. The quantitative estimate of drug-likeness (QED) is 0.628. The molecule has 1 aromatic carbocycles. The molecule has 0 bridgehead atoms. The number of carbonyl (C=O) groups excluding carboxylic acids is 3. The Morgan fingerprint density at radius 3 is 2.71 bits per heavy atom. The number of carbonyl (C=O) groups is 3. The van der Waals surface area contributed by atoms with Crippen LogP contribution in [0.5, 0.6) is 11.5 Å². The van der Waals surface area contributed by atoms with E-state index in [1.807, 2.05) is 6.92 Å². The summed E-state index contributed by atoms with van der Waals surface area (Å²) in [5.74, 6) is 0.270. The number of hydrogen-bond acceptors (Lipinski definition) is 6. The van der Waals surface area contributed by atoms with Crippen LogP contribution < -0.4 is 20.1 Å². The second-order valence-corrected chi connectivity index (χ2v) is 9.63. The molecule has 35 heavy (non-hydrogen) atoms. The first-order chi connectivity index (χ1) is 16.9. The maximum Gasteiger partial charge on any atom is 0.276 e. The van der Waals surface area contributed by atoms with Crippen LogP contribution in [0, 0.1) is 0 Å². The number of amides is 3. The molecule has 0 radical (unpaired) electrons. The Hall–Kier alpha value is -3.56. The average molecular weight is 482 g/mol. The summed E-state index contributed by atoms with van der Waals surface area (Å²) >= 11 is 0. The first kappa shape index (κ1) is 23.2. The third kappa shape index (κ3) is 4.33. The third-order valence-corrected chi connectivity index (χ3v) is 7.08. The molecule has 10 nitrogen and oxygen atoms in total. The molecule has 186 valence electrons. The summed E-state index contributed by atoms with van der Waals surface area (Å²) in [7, 11) is 0. The largest absolute Gasteiger partial charge is 0.454 e. The topological polar surface area (TPSA) is 115 Å². The second-order valence-electron chi connectivity index (χ2n) is 9.63. The molecule has 0 saturated heterocycles. The monoisotopic (exact) mass is 481 g/mol. The van der Waals surface area contributed by atoms with Crippen LogP contribution in [-0.4, -0.2) is 57.3 Å². The summed E-state index contributed by atoms with van der Waals surface area (Å²) in [4.78, 5) is 41.6. The highest BCUT2D eigenvalue weighted by atomic mass is 16.7. The van der Waals surface area contributed by atoms with E-state index >= 15 is 0 Å². The van der Waals surface area contributed by atoms with Gasteiger partial charge in [-0.1, -0.05) is 26.2 Å². The fraction of sp³-hybridized carbons (Fsp3) is 0.520. The van der Waals surface area contributed by atoms with Crippen LogP contribution in [0.25, 0.3) is 0 Å². The number of rotatable bonds is 7. The van der Waals surface area contributed by atoms with Crippen LogP contribution in [0.15, 0.2) is 24.3 Å². The van der Waals surface area contributed by atoms with Gasteiger partial charge in [0.1, 0.15) is 11.2 Å². The third-order valence-electron chi connectivity index (χ3n) is 7.08. The molecule has 10 heteroatoms. The van der Waals surface area contributed by atoms with E-state index in [9.17, 15) is 14.4 Å². The normalized spacial score (nSPS) is 21.2. The second kappa shape index (κ2) is 9.24.